The molecule has 0 saturated carbocycles. The Morgan fingerprint density at radius 2 is 1.62 bits per heavy atom. The molecule has 0 aliphatic carbocycles. The number of amides is 1. The number of nitrogens with zero attached hydrogens (tertiary/aromatic N) is 3. The van der Waals surface area contributed by atoms with E-state index in [4.69, 9.17) is 0 Å². The summed E-state index contributed by atoms with van der Waals surface area (Å²) < 4.78 is 25.7. The number of hydrogen-bond acceptors (Lipinski definition) is 5. The zero-order chi connectivity index (χ0) is 21.8. The number of nitrogens with one attached hydrogen (secondary N) is 1. The van der Waals surface area contributed by atoms with Crippen molar-refractivity contribution in [3.8, 4) is 0 Å². The van der Waals surface area contributed by atoms with Gasteiger partial charge in [0.2, 0.25) is 15.9 Å². The van der Waals surface area contributed by atoms with Gasteiger partial charge in [0.15, 0.2) is 0 Å². The normalized spacial score (nSPS) is 12.8. The molecule has 29 heavy (non-hydrogen) atoms. The van der Waals surface area contributed by atoms with Crippen LogP contribution in [0.4, 0.5) is 11.4 Å². The number of benzene rings is 2. The summed E-state index contributed by atoms with van der Waals surface area (Å²) in [6, 6.07) is 14.1. The second-order valence-corrected chi connectivity index (χ2v) is 9.61. The van der Waals surface area contributed by atoms with Crippen LogP contribution in [-0.4, -0.2) is 64.8 Å². The Labute approximate surface area is 174 Å². The van der Waals surface area contributed by atoms with Crippen molar-refractivity contribution in [2.75, 3.05) is 45.5 Å². The number of anilines is 2. The fraction of sp³-hybridized carbons (Fsp3) is 0.381. The van der Waals surface area contributed by atoms with Crippen molar-refractivity contribution in [1.82, 2.24) is 9.21 Å². The fourth-order valence-corrected chi connectivity index (χ4v) is 3.66. The van der Waals surface area contributed by atoms with Crippen molar-refractivity contribution in [2.24, 2.45) is 0 Å². The van der Waals surface area contributed by atoms with Gasteiger partial charge in [-0.2, -0.15) is 0 Å². The number of rotatable bonds is 8. The molecule has 1 atom stereocenters. The van der Waals surface area contributed by atoms with Gasteiger partial charge in [0.25, 0.3) is 0 Å². The van der Waals surface area contributed by atoms with Gasteiger partial charge in [0.05, 0.1) is 10.9 Å². The molecule has 2 rings (SSSR count). The van der Waals surface area contributed by atoms with E-state index in [0.29, 0.717) is 12.2 Å². The molecule has 158 valence electrons. The summed E-state index contributed by atoms with van der Waals surface area (Å²) in [6.45, 7) is 2.45. The van der Waals surface area contributed by atoms with Crippen LogP contribution in [0.1, 0.15) is 12.5 Å². The number of hydrogen-bond donors (Lipinski definition) is 1. The molecule has 8 heteroatoms. The molecule has 1 N–H and O–H groups in total. The van der Waals surface area contributed by atoms with Crippen LogP contribution in [0.25, 0.3) is 0 Å². The Balaban J connectivity index is 2.05. The van der Waals surface area contributed by atoms with Crippen LogP contribution in [0.3, 0.4) is 0 Å². The van der Waals surface area contributed by atoms with E-state index in [1.807, 2.05) is 62.1 Å². The molecular weight excluding hydrogens is 388 g/mol. The maximum atomic E-state index is 12.7. The number of carbonyl (C=O) groups is 1. The van der Waals surface area contributed by atoms with E-state index in [9.17, 15) is 13.2 Å². The van der Waals surface area contributed by atoms with E-state index >= 15 is 0 Å². The highest BCUT2D eigenvalue weighted by Gasteiger charge is 2.20. The van der Waals surface area contributed by atoms with Gasteiger partial charge in [-0.3, -0.25) is 9.69 Å². The molecular formula is C21H30N4O3S. The minimum atomic E-state index is -3.55. The Morgan fingerprint density at radius 3 is 2.17 bits per heavy atom. The summed E-state index contributed by atoms with van der Waals surface area (Å²) in [4.78, 5) is 16.8. The fourth-order valence-electron chi connectivity index (χ4n) is 2.72. The lowest BCUT2D eigenvalue weighted by atomic mass is 10.1. The van der Waals surface area contributed by atoms with Crippen molar-refractivity contribution in [1.29, 1.82) is 0 Å². The van der Waals surface area contributed by atoms with Crippen LogP contribution >= 0.6 is 0 Å². The maximum absolute atomic E-state index is 12.7. The van der Waals surface area contributed by atoms with E-state index in [1.54, 1.807) is 12.1 Å². The Kier molecular flexibility index (Phi) is 7.40. The molecule has 0 radical (unpaired) electrons. The first-order chi connectivity index (χ1) is 13.5. The summed E-state index contributed by atoms with van der Waals surface area (Å²) >= 11 is 0. The maximum Gasteiger partial charge on any atom is 0.242 e. The second-order valence-electron chi connectivity index (χ2n) is 7.46. The second kappa shape index (κ2) is 9.39. The van der Waals surface area contributed by atoms with Crippen molar-refractivity contribution in [2.45, 2.75) is 24.4 Å². The summed E-state index contributed by atoms with van der Waals surface area (Å²) in [6.07, 6.45) is 0. The molecule has 0 aliphatic rings. The smallest absolute Gasteiger partial charge is 0.242 e. The third-order valence-corrected chi connectivity index (χ3v) is 6.62. The lowest BCUT2D eigenvalue weighted by Crippen LogP contribution is -2.39. The highest BCUT2D eigenvalue weighted by Crippen LogP contribution is 2.19. The largest absolute Gasteiger partial charge is 0.378 e. The van der Waals surface area contributed by atoms with Crippen molar-refractivity contribution in [3.05, 3.63) is 54.1 Å². The third-order valence-electron chi connectivity index (χ3n) is 4.81. The van der Waals surface area contributed by atoms with Crippen LogP contribution < -0.4 is 10.2 Å². The van der Waals surface area contributed by atoms with E-state index in [1.165, 1.54) is 26.2 Å². The highest BCUT2D eigenvalue weighted by atomic mass is 32.2. The first-order valence-electron chi connectivity index (χ1n) is 9.32. The van der Waals surface area contributed by atoms with Gasteiger partial charge >= 0.3 is 0 Å². The first kappa shape index (κ1) is 22.9. The molecule has 0 spiro atoms. The van der Waals surface area contributed by atoms with Gasteiger partial charge in [0.1, 0.15) is 0 Å². The standard InChI is InChI=1S/C21H30N4O3S/c1-16(25(6)15-17-10-12-19(13-11-17)23(2)3)21(26)22-18-8-7-9-20(14-18)29(27,28)24(4)5/h7-14,16H,15H2,1-6H3,(H,22,26)/t16-/m1/s1. The molecule has 0 saturated heterocycles. The van der Waals surface area contributed by atoms with Crippen LogP contribution in [0.5, 0.6) is 0 Å². The molecule has 0 heterocycles. The third kappa shape index (κ3) is 5.79. The van der Waals surface area contributed by atoms with Crippen LogP contribution in [0, 0.1) is 0 Å². The first-order valence-corrected chi connectivity index (χ1v) is 10.8. The van der Waals surface area contributed by atoms with Crippen LogP contribution in [0.15, 0.2) is 53.4 Å². The molecule has 2 aromatic rings. The molecule has 2 aromatic carbocycles. The zero-order valence-electron chi connectivity index (χ0n) is 17.9. The van der Waals surface area contributed by atoms with Crippen molar-refractivity contribution in [3.63, 3.8) is 0 Å². The van der Waals surface area contributed by atoms with E-state index < -0.39 is 16.1 Å². The molecule has 0 unspecified atom stereocenters. The Bertz CT molecular complexity index is 941. The average molecular weight is 419 g/mol. The average Bonchev–Trinajstić information content (AvgIpc) is 2.67. The molecule has 0 bridgehead atoms. The summed E-state index contributed by atoms with van der Waals surface area (Å²) in [7, 11) is 5.27. The summed E-state index contributed by atoms with van der Waals surface area (Å²) in [5, 5.41) is 2.81. The molecule has 1 amide bonds. The van der Waals surface area contributed by atoms with Crippen LogP contribution in [0.2, 0.25) is 0 Å². The molecule has 7 nitrogen and oxygen atoms in total. The van der Waals surface area contributed by atoms with Gasteiger partial charge < -0.3 is 10.2 Å². The lowest BCUT2D eigenvalue weighted by Gasteiger charge is -2.24. The Morgan fingerprint density at radius 1 is 1.00 bits per heavy atom. The van der Waals surface area contributed by atoms with Gasteiger partial charge in [-0.15, -0.1) is 0 Å². The molecule has 0 fully saturated rings. The van der Waals surface area contributed by atoms with E-state index in [2.05, 4.69) is 5.32 Å². The quantitative estimate of drug-likeness (QED) is 0.713. The zero-order valence-corrected chi connectivity index (χ0v) is 18.7. The molecule has 0 aliphatic heterocycles. The Hall–Kier alpha value is -2.42. The highest BCUT2D eigenvalue weighted by molar-refractivity contribution is 7.89. The van der Waals surface area contributed by atoms with Gasteiger partial charge in [-0.1, -0.05) is 18.2 Å². The van der Waals surface area contributed by atoms with E-state index in [0.717, 1.165) is 15.6 Å². The van der Waals surface area contributed by atoms with Crippen molar-refractivity contribution >= 4 is 27.3 Å². The van der Waals surface area contributed by atoms with Gasteiger partial charge in [-0.05, 0) is 49.9 Å². The lowest BCUT2D eigenvalue weighted by molar-refractivity contribution is -0.120. The predicted molar refractivity (Wildman–Crippen MR) is 118 cm³/mol. The molecule has 0 aromatic heterocycles. The predicted octanol–water partition coefficient (Wildman–Crippen LogP) is 2.46. The minimum absolute atomic E-state index is 0.141. The minimum Gasteiger partial charge on any atom is -0.378 e. The number of sulfonamides is 1. The van der Waals surface area contributed by atoms with E-state index in [-0.39, 0.29) is 10.8 Å². The van der Waals surface area contributed by atoms with Crippen molar-refractivity contribution < 1.29 is 13.2 Å². The topological polar surface area (TPSA) is 73.0 Å². The SMILES string of the molecule is C[C@H](C(=O)Nc1cccc(S(=O)(=O)N(C)C)c1)N(C)Cc1ccc(N(C)C)cc1. The monoisotopic (exact) mass is 418 g/mol. The summed E-state index contributed by atoms with van der Waals surface area (Å²) in [5.41, 5.74) is 2.68. The summed E-state index contributed by atoms with van der Waals surface area (Å²) in [5.74, 6) is -0.197. The van der Waals surface area contributed by atoms with Crippen LogP contribution in [-0.2, 0) is 21.4 Å². The number of likely N-dealkylation sites (N-methyl/N-ethyl adjacent to an activating group) is 1. The van der Waals surface area contributed by atoms with Gasteiger partial charge in [-0.25, -0.2) is 12.7 Å². The van der Waals surface area contributed by atoms with Gasteiger partial charge in [0, 0.05) is 46.1 Å². The number of carbonyl (C=O) groups excluding carboxylic acids is 1.